The van der Waals surface area contributed by atoms with Gasteiger partial charge in [0.25, 0.3) is 5.69 Å². The number of aryl methyl sites for hydroxylation is 2. The summed E-state index contributed by atoms with van der Waals surface area (Å²) in [5.74, 6) is 0. The Kier molecular flexibility index (Phi) is 4.21. The first-order valence-corrected chi connectivity index (χ1v) is 7.37. The van der Waals surface area contributed by atoms with E-state index in [4.69, 9.17) is 0 Å². The van der Waals surface area contributed by atoms with Gasteiger partial charge in [0.15, 0.2) is 0 Å². The van der Waals surface area contributed by atoms with Gasteiger partial charge >= 0.3 is 0 Å². The van der Waals surface area contributed by atoms with E-state index >= 15 is 0 Å². The van der Waals surface area contributed by atoms with Crippen molar-refractivity contribution in [1.29, 1.82) is 0 Å². The molecule has 0 aliphatic rings. The summed E-state index contributed by atoms with van der Waals surface area (Å²) in [6, 6.07) is 5.42. The van der Waals surface area contributed by atoms with Gasteiger partial charge in [-0.2, -0.15) is 0 Å². The van der Waals surface area contributed by atoms with Crippen LogP contribution in [0.4, 0.5) is 11.4 Å². The maximum absolute atomic E-state index is 10.8. The summed E-state index contributed by atoms with van der Waals surface area (Å²) in [4.78, 5) is 11.7. The molecular formula is C13H13BrN2O2S. The summed E-state index contributed by atoms with van der Waals surface area (Å²) >= 11 is 5.07. The van der Waals surface area contributed by atoms with Gasteiger partial charge in [0.1, 0.15) is 0 Å². The van der Waals surface area contributed by atoms with Gasteiger partial charge in [0, 0.05) is 33.2 Å². The Morgan fingerprint density at radius 2 is 2.11 bits per heavy atom. The summed E-state index contributed by atoms with van der Waals surface area (Å²) in [6.45, 7) is 4.54. The van der Waals surface area contributed by atoms with Gasteiger partial charge in [-0.05, 0) is 52.9 Å². The first kappa shape index (κ1) is 14.0. The number of nitro groups is 1. The second-order valence-electron chi connectivity index (χ2n) is 4.26. The van der Waals surface area contributed by atoms with E-state index in [1.165, 1.54) is 10.4 Å². The van der Waals surface area contributed by atoms with Crippen molar-refractivity contribution in [2.24, 2.45) is 0 Å². The van der Waals surface area contributed by atoms with E-state index in [9.17, 15) is 10.1 Å². The number of rotatable bonds is 4. The largest absolute Gasteiger partial charge is 0.379 e. The fraction of sp³-hybridized carbons (Fsp3) is 0.231. The van der Waals surface area contributed by atoms with Crippen LogP contribution >= 0.6 is 27.3 Å². The maximum Gasteiger partial charge on any atom is 0.273 e. The average Bonchev–Trinajstić information content (AvgIpc) is 2.75. The monoisotopic (exact) mass is 340 g/mol. The maximum atomic E-state index is 10.8. The van der Waals surface area contributed by atoms with E-state index in [0.717, 1.165) is 12.2 Å². The fourth-order valence-electron chi connectivity index (χ4n) is 1.76. The molecule has 0 aliphatic heterocycles. The third-order valence-electron chi connectivity index (χ3n) is 2.89. The molecule has 19 heavy (non-hydrogen) atoms. The predicted octanol–water partition coefficient (Wildman–Crippen LogP) is 4.65. The van der Waals surface area contributed by atoms with Crippen LogP contribution in [0, 0.1) is 24.0 Å². The lowest BCUT2D eigenvalue weighted by Crippen LogP contribution is -2.01. The molecule has 1 heterocycles. The zero-order chi connectivity index (χ0) is 14.0. The van der Waals surface area contributed by atoms with Crippen LogP contribution in [-0.2, 0) is 6.54 Å². The number of hydrogen-bond donors (Lipinski definition) is 1. The number of benzene rings is 1. The molecule has 0 saturated heterocycles. The molecule has 100 valence electrons. The van der Waals surface area contributed by atoms with Crippen LogP contribution in [0.25, 0.3) is 0 Å². The summed E-state index contributed by atoms with van der Waals surface area (Å²) in [5, 5.41) is 16.2. The first-order chi connectivity index (χ1) is 8.99. The Balaban J connectivity index is 2.20. The molecule has 1 aromatic carbocycles. The van der Waals surface area contributed by atoms with Gasteiger partial charge in [-0.25, -0.2) is 0 Å². The molecule has 4 nitrogen and oxygen atoms in total. The normalized spacial score (nSPS) is 10.5. The summed E-state index contributed by atoms with van der Waals surface area (Å²) in [6.07, 6.45) is 0. The molecular weight excluding hydrogens is 328 g/mol. The van der Waals surface area contributed by atoms with Crippen LogP contribution in [0.5, 0.6) is 0 Å². The predicted molar refractivity (Wildman–Crippen MR) is 81.9 cm³/mol. The number of nitro benzene ring substituents is 1. The van der Waals surface area contributed by atoms with Crippen molar-refractivity contribution in [2.45, 2.75) is 20.4 Å². The Labute approximate surface area is 123 Å². The molecule has 0 saturated carbocycles. The molecule has 6 heteroatoms. The average molecular weight is 341 g/mol. The highest BCUT2D eigenvalue weighted by Gasteiger charge is 2.14. The van der Waals surface area contributed by atoms with E-state index in [1.54, 1.807) is 30.4 Å². The lowest BCUT2D eigenvalue weighted by atomic mass is 10.2. The lowest BCUT2D eigenvalue weighted by Gasteiger charge is -2.09. The SMILES string of the molecule is Cc1cc(NCc2sccc2C)c(Br)cc1[N+](=O)[O-]. The van der Waals surface area contributed by atoms with Gasteiger partial charge in [-0.1, -0.05) is 0 Å². The molecule has 0 atom stereocenters. The molecule has 0 radical (unpaired) electrons. The van der Waals surface area contributed by atoms with Crippen molar-refractivity contribution in [3.8, 4) is 0 Å². The molecule has 0 amide bonds. The molecule has 0 spiro atoms. The number of nitrogens with one attached hydrogen (secondary N) is 1. The van der Waals surface area contributed by atoms with Crippen LogP contribution in [0.1, 0.15) is 16.0 Å². The van der Waals surface area contributed by atoms with Crippen molar-refractivity contribution < 1.29 is 4.92 Å². The molecule has 0 aliphatic carbocycles. The summed E-state index contributed by atoms with van der Waals surface area (Å²) in [5.41, 5.74) is 2.91. The highest BCUT2D eigenvalue weighted by Crippen LogP contribution is 2.31. The van der Waals surface area contributed by atoms with Crippen LogP contribution in [-0.4, -0.2) is 4.92 Å². The molecule has 1 N–H and O–H groups in total. The second-order valence-corrected chi connectivity index (χ2v) is 6.11. The zero-order valence-electron chi connectivity index (χ0n) is 10.6. The number of nitrogens with zero attached hydrogens (tertiary/aromatic N) is 1. The van der Waals surface area contributed by atoms with Crippen LogP contribution in [0.2, 0.25) is 0 Å². The van der Waals surface area contributed by atoms with Gasteiger partial charge in [-0.3, -0.25) is 10.1 Å². The highest BCUT2D eigenvalue weighted by molar-refractivity contribution is 9.10. The van der Waals surface area contributed by atoms with E-state index in [1.807, 2.05) is 0 Å². The Bertz CT molecular complexity index is 625. The van der Waals surface area contributed by atoms with E-state index in [-0.39, 0.29) is 10.6 Å². The van der Waals surface area contributed by atoms with E-state index in [0.29, 0.717) is 10.0 Å². The lowest BCUT2D eigenvalue weighted by molar-refractivity contribution is -0.385. The zero-order valence-corrected chi connectivity index (χ0v) is 13.0. The number of hydrogen-bond acceptors (Lipinski definition) is 4. The topological polar surface area (TPSA) is 55.2 Å². The Morgan fingerprint density at radius 1 is 1.37 bits per heavy atom. The summed E-state index contributed by atoms with van der Waals surface area (Å²) < 4.78 is 0.707. The van der Waals surface area contributed by atoms with Crippen LogP contribution < -0.4 is 5.32 Å². The smallest absolute Gasteiger partial charge is 0.273 e. The minimum atomic E-state index is -0.368. The molecule has 0 unspecified atom stereocenters. The fourth-order valence-corrected chi connectivity index (χ4v) is 3.08. The van der Waals surface area contributed by atoms with Gasteiger partial charge < -0.3 is 5.32 Å². The van der Waals surface area contributed by atoms with Gasteiger partial charge in [-0.15, -0.1) is 11.3 Å². The Hall–Kier alpha value is -1.40. The minimum absolute atomic E-state index is 0.129. The van der Waals surface area contributed by atoms with Crippen LogP contribution in [0.15, 0.2) is 28.1 Å². The molecule has 2 aromatic rings. The number of halogens is 1. The van der Waals surface area contributed by atoms with Crippen molar-refractivity contribution in [3.05, 3.63) is 54.2 Å². The summed E-state index contributed by atoms with van der Waals surface area (Å²) in [7, 11) is 0. The Morgan fingerprint density at radius 3 is 2.68 bits per heavy atom. The van der Waals surface area contributed by atoms with E-state index in [2.05, 4.69) is 39.6 Å². The van der Waals surface area contributed by atoms with Crippen LogP contribution in [0.3, 0.4) is 0 Å². The molecule has 0 fully saturated rings. The third-order valence-corrected chi connectivity index (χ3v) is 4.57. The minimum Gasteiger partial charge on any atom is -0.379 e. The van der Waals surface area contributed by atoms with Crippen molar-refractivity contribution in [2.75, 3.05) is 5.32 Å². The van der Waals surface area contributed by atoms with Crippen molar-refractivity contribution in [3.63, 3.8) is 0 Å². The second kappa shape index (κ2) is 5.71. The molecule has 2 rings (SSSR count). The van der Waals surface area contributed by atoms with E-state index < -0.39 is 0 Å². The van der Waals surface area contributed by atoms with Gasteiger partial charge in [0.05, 0.1) is 4.92 Å². The van der Waals surface area contributed by atoms with Crippen molar-refractivity contribution >= 4 is 38.6 Å². The third kappa shape index (κ3) is 3.13. The number of anilines is 1. The molecule has 0 bridgehead atoms. The quantitative estimate of drug-likeness (QED) is 0.651. The molecule has 1 aromatic heterocycles. The van der Waals surface area contributed by atoms with Crippen molar-refractivity contribution in [1.82, 2.24) is 0 Å². The number of thiophene rings is 1. The van der Waals surface area contributed by atoms with Gasteiger partial charge in [0.2, 0.25) is 0 Å². The standard InChI is InChI=1S/C13H13BrN2O2S/c1-8-3-4-19-13(8)7-15-11-5-9(2)12(16(17)18)6-10(11)14/h3-6,15H,7H2,1-2H3. The first-order valence-electron chi connectivity index (χ1n) is 5.70. The highest BCUT2D eigenvalue weighted by atomic mass is 79.9.